The molecule has 0 heterocycles. The molecule has 1 unspecified atom stereocenters. The van der Waals surface area contributed by atoms with E-state index < -0.39 is 0 Å². The Labute approximate surface area is 86.9 Å². The number of aliphatic hydroxyl groups excluding tert-OH is 1. The topological polar surface area (TPSA) is 49.3 Å². The lowest BCUT2D eigenvalue weighted by atomic mass is 9.90. The van der Waals surface area contributed by atoms with Gasteiger partial charge >= 0.3 is 0 Å². The summed E-state index contributed by atoms with van der Waals surface area (Å²) in [5.41, 5.74) is 0.208. The van der Waals surface area contributed by atoms with Gasteiger partial charge in [0.1, 0.15) is 0 Å². The fourth-order valence-electron chi connectivity index (χ4n) is 0.930. The molecule has 0 rings (SSSR count). The molecule has 3 nitrogen and oxygen atoms in total. The van der Waals surface area contributed by atoms with Gasteiger partial charge in [-0.05, 0) is 17.8 Å². The number of rotatable bonds is 5. The number of carbonyl (C=O) groups is 1. The molecule has 1 atom stereocenters. The van der Waals surface area contributed by atoms with Crippen LogP contribution < -0.4 is 5.32 Å². The van der Waals surface area contributed by atoms with E-state index in [0.717, 1.165) is 6.42 Å². The van der Waals surface area contributed by atoms with Gasteiger partial charge in [0.2, 0.25) is 5.91 Å². The SMILES string of the molecule is CC(CO)CNC(=O)CCC(C)(C)C. The molecule has 0 bridgehead atoms. The van der Waals surface area contributed by atoms with Crippen molar-refractivity contribution in [3.63, 3.8) is 0 Å². The monoisotopic (exact) mass is 201 g/mol. The molecule has 0 spiro atoms. The van der Waals surface area contributed by atoms with Crippen molar-refractivity contribution in [1.29, 1.82) is 0 Å². The van der Waals surface area contributed by atoms with Gasteiger partial charge in [-0.2, -0.15) is 0 Å². The Morgan fingerprint density at radius 2 is 2.00 bits per heavy atom. The molecule has 0 saturated heterocycles. The number of hydrogen-bond acceptors (Lipinski definition) is 2. The molecule has 2 N–H and O–H groups in total. The molecule has 0 aromatic heterocycles. The molecule has 3 heteroatoms. The third kappa shape index (κ3) is 8.05. The summed E-state index contributed by atoms with van der Waals surface area (Å²) in [6, 6.07) is 0. The second-order valence-electron chi connectivity index (χ2n) is 5.15. The van der Waals surface area contributed by atoms with E-state index in [2.05, 4.69) is 26.1 Å². The number of nitrogens with one attached hydrogen (secondary N) is 1. The van der Waals surface area contributed by atoms with Crippen LogP contribution in [0.2, 0.25) is 0 Å². The number of carbonyl (C=O) groups excluding carboxylic acids is 1. The quantitative estimate of drug-likeness (QED) is 0.709. The van der Waals surface area contributed by atoms with Crippen molar-refractivity contribution in [1.82, 2.24) is 5.32 Å². The highest BCUT2D eigenvalue weighted by atomic mass is 16.3. The van der Waals surface area contributed by atoms with Crippen LogP contribution in [0.25, 0.3) is 0 Å². The number of aliphatic hydroxyl groups is 1. The molecular weight excluding hydrogens is 178 g/mol. The molecule has 0 aliphatic carbocycles. The van der Waals surface area contributed by atoms with Crippen molar-refractivity contribution in [3.05, 3.63) is 0 Å². The molecule has 14 heavy (non-hydrogen) atoms. The van der Waals surface area contributed by atoms with E-state index in [1.165, 1.54) is 0 Å². The average Bonchev–Trinajstić information content (AvgIpc) is 2.09. The summed E-state index contributed by atoms with van der Waals surface area (Å²) in [7, 11) is 0. The van der Waals surface area contributed by atoms with Crippen molar-refractivity contribution in [2.45, 2.75) is 40.5 Å². The van der Waals surface area contributed by atoms with Gasteiger partial charge in [0.05, 0.1) is 0 Å². The first-order valence-corrected chi connectivity index (χ1v) is 5.22. The first-order valence-electron chi connectivity index (χ1n) is 5.22. The zero-order chi connectivity index (χ0) is 11.2. The second kappa shape index (κ2) is 6.02. The maximum atomic E-state index is 11.3. The standard InChI is InChI=1S/C11H23NO2/c1-9(8-13)7-12-10(14)5-6-11(2,3)4/h9,13H,5-8H2,1-4H3,(H,12,14). The van der Waals surface area contributed by atoms with E-state index in [1.54, 1.807) is 0 Å². The summed E-state index contributed by atoms with van der Waals surface area (Å²) in [6.07, 6.45) is 1.47. The van der Waals surface area contributed by atoms with Crippen molar-refractivity contribution in [2.24, 2.45) is 11.3 Å². The van der Waals surface area contributed by atoms with Crippen LogP contribution in [0.4, 0.5) is 0 Å². The Balaban J connectivity index is 3.57. The molecule has 0 saturated carbocycles. The molecule has 0 aliphatic rings. The summed E-state index contributed by atoms with van der Waals surface area (Å²) in [5.74, 6) is 0.230. The summed E-state index contributed by atoms with van der Waals surface area (Å²) in [5, 5.41) is 11.6. The fraction of sp³-hybridized carbons (Fsp3) is 0.909. The number of hydrogen-bond donors (Lipinski definition) is 2. The van der Waals surface area contributed by atoms with Gasteiger partial charge in [0.25, 0.3) is 0 Å². The second-order valence-corrected chi connectivity index (χ2v) is 5.15. The molecule has 1 amide bonds. The predicted octanol–water partition coefficient (Wildman–Crippen LogP) is 1.56. The minimum atomic E-state index is 0.0835. The molecule has 0 aromatic rings. The van der Waals surface area contributed by atoms with Crippen LogP contribution >= 0.6 is 0 Å². The molecule has 0 fully saturated rings. The van der Waals surface area contributed by atoms with Crippen LogP contribution in [0.15, 0.2) is 0 Å². The highest BCUT2D eigenvalue weighted by Crippen LogP contribution is 2.20. The van der Waals surface area contributed by atoms with Crippen molar-refractivity contribution in [2.75, 3.05) is 13.2 Å². The molecule has 84 valence electrons. The van der Waals surface area contributed by atoms with E-state index in [0.29, 0.717) is 13.0 Å². The number of amides is 1. The Hall–Kier alpha value is -0.570. The first-order chi connectivity index (χ1) is 6.35. The van der Waals surface area contributed by atoms with Gasteiger partial charge in [-0.1, -0.05) is 27.7 Å². The van der Waals surface area contributed by atoms with Gasteiger partial charge in [0, 0.05) is 19.6 Å². The predicted molar refractivity (Wildman–Crippen MR) is 57.9 cm³/mol. The fourth-order valence-corrected chi connectivity index (χ4v) is 0.930. The minimum Gasteiger partial charge on any atom is -0.396 e. The molecular formula is C11H23NO2. The van der Waals surface area contributed by atoms with Crippen LogP contribution in [-0.4, -0.2) is 24.2 Å². The van der Waals surface area contributed by atoms with Crippen molar-refractivity contribution < 1.29 is 9.90 Å². The minimum absolute atomic E-state index is 0.0835. The van der Waals surface area contributed by atoms with Gasteiger partial charge < -0.3 is 10.4 Å². The summed E-state index contributed by atoms with van der Waals surface area (Å²) in [6.45, 7) is 8.97. The highest BCUT2D eigenvalue weighted by Gasteiger charge is 2.12. The largest absolute Gasteiger partial charge is 0.396 e. The van der Waals surface area contributed by atoms with E-state index in [1.807, 2.05) is 6.92 Å². The van der Waals surface area contributed by atoms with Crippen molar-refractivity contribution in [3.8, 4) is 0 Å². The summed E-state index contributed by atoms with van der Waals surface area (Å²) >= 11 is 0. The Kier molecular flexibility index (Phi) is 5.77. The van der Waals surface area contributed by atoms with Crippen LogP contribution in [0.5, 0.6) is 0 Å². The lowest BCUT2D eigenvalue weighted by Gasteiger charge is -2.17. The van der Waals surface area contributed by atoms with Gasteiger partial charge in [-0.25, -0.2) is 0 Å². The van der Waals surface area contributed by atoms with Crippen LogP contribution in [-0.2, 0) is 4.79 Å². The van der Waals surface area contributed by atoms with Gasteiger partial charge in [-0.15, -0.1) is 0 Å². The zero-order valence-electron chi connectivity index (χ0n) is 9.76. The van der Waals surface area contributed by atoms with E-state index >= 15 is 0 Å². The molecule has 0 radical (unpaired) electrons. The molecule has 0 aromatic carbocycles. The third-order valence-electron chi connectivity index (χ3n) is 2.06. The van der Waals surface area contributed by atoms with Crippen molar-refractivity contribution >= 4 is 5.91 Å². The van der Waals surface area contributed by atoms with Crippen LogP contribution in [0.3, 0.4) is 0 Å². The Morgan fingerprint density at radius 1 is 1.43 bits per heavy atom. The Bertz CT molecular complexity index is 173. The first kappa shape index (κ1) is 13.4. The zero-order valence-corrected chi connectivity index (χ0v) is 9.76. The van der Waals surface area contributed by atoms with E-state index in [4.69, 9.17) is 5.11 Å². The normalized spacial score (nSPS) is 13.8. The summed E-state index contributed by atoms with van der Waals surface area (Å²) < 4.78 is 0. The lowest BCUT2D eigenvalue weighted by Crippen LogP contribution is -2.30. The Morgan fingerprint density at radius 3 is 2.43 bits per heavy atom. The smallest absolute Gasteiger partial charge is 0.220 e. The third-order valence-corrected chi connectivity index (χ3v) is 2.06. The van der Waals surface area contributed by atoms with Gasteiger partial charge in [0.15, 0.2) is 0 Å². The van der Waals surface area contributed by atoms with Crippen LogP contribution in [0.1, 0.15) is 40.5 Å². The van der Waals surface area contributed by atoms with Gasteiger partial charge in [-0.3, -0.25) is 4.79 Å². The van der Waals surface area contributed by atoms with E-state index in [-0.39, 0.29) is 23.8 Å². The highest BCUT2D eigenvalue weighted by molar-refractivity contribution is 5.75. The lowest BCUT2D eigenvalue weighted by molar-refractivity contribution is -0.121. The van der Waals surface area contributed by atoms with E-state index in [9.17, 15) is 4.79 Å². The van der Waals surface area contributed by atoms with Crippen LogP contribution in [0, 0.1) is 11.3 Å². The maximum absolute atomic E-state index is 11.3. The molecule has 0 aliphatic heterocycles. The maximum Gasteiger partial charge on any atom is 0.220 e. The average molecular weight is 201 g/mol. The summed E-state index contributed by atoms with van der Waals surface area (Å²) in [4.78, 5) is 11.3.